The fourth-order valence-electron chi connectivity index (χ4n) is 2.72. The van der Waals surface area contributed by atoms with Gasteiger partial charge in [-0.05, 0) is 32.1 Å². The SMILES string of the molecule is CCCC(C)(N)C(=O)NCC(O)C1CCCCC1. The van der Waals surface area contributed by atoms with E-state index in [0.717, 1.165) is 19.3 Å². The molecule has 18 heavy (non-hydrogen) atoms. The molecule has 1 aliphatic rings. The van der Waals surface area contributed by atoms with E-state index < -0.39 is 11.6 Å². The van der Waals surface area contributed by atoms with Crippen LogP contribution in [0.1, 0.15) is 58.8 Å². The van der Waals surface area contributed by atoms with Gasteiger partial charge in [0.05, 0.1) is 11.6 Å². The molecule has 2 atom stereocenters. The molecule has 2 unspecified atom stereocenters. The fraction of sp³-hybridized carbons (Fsp3) is 0.929. The summed E-state index contributed by atoms with van der Waals surface area (Å²) in [6, 6.07) is 0. The summed E-state index contributed by atoms with van der Waals surface area (Å²) in [5.74, 6) is 0.188. The summed E-state index contributed by atoms with van der Waals surface area (Å²) >= 11 is 0. The summed E-state index contributed by atoms with van der Waals surface area (Å²) in [7, 11) is 0. The molecule has 4 nitrogen and oxygen atoms in total. The van der Waals surface area contributed by atoms with Crippen LogP contribution in [0.2, 0.25) is 0 Å². The highest BCUT2D eigenvalue weighted by Gasteiger charge is 2.28. The maximum atomic E-state index is 11.9. The van der Waals surface area contributed by atoms with E-state index in [0.29, 0.717) is 18.9 Å². The second kappa shape index (κ2) is 7.10. The molecule has 0 aromatic heterocycles. The quantitative estimate of drug-likeness (QED) is 0.675. The van der Waals surface area contributed by atoms with Gasteiger partial charge in [-0.2, -0.15) is 0 Å². The Hall–Kier alpha value is -0.610. The van der Waals surface area contributed by atoms with Gasteiger partial charge in [0.15, 0.2) is 0 Å². The average Bonchev–Trinajstić information content (AvgIpc) is 2.36. The van der Waals surface area contributed by atoms with Gasteiger partial charge in [0.25, 0.3) is 0 Å². The zero-order valence-corrected chi connectivity index (χ0v) is 11.7. The van der Waals surface area contributed by atoms with Gasteiger partial charge in [-0.25, -0.2) is 0 Å². The monoisotopic (exact) mass is 256 g/mol. The predicted molar refractivity (Wildman–Crippen MR) is 73.1 cm³/mol. The number of carbonyl (C=O) groups is 1. The summed E-state index contributed by atoms with van der Waals surface area (Å²) in [5, 5.41) is 12.9. The fourth-order valence-corrected chi connectivity index (χ4v) is 2.72. The van der Waals surface area contributed by atoms with Crippen LogP contribution in [-0.4, -0.2) is 29.2 Å². The van der Waals surface area contributed by atoms with E-state index in [9.17, 15) is 9.90 Å². The lowest BCUT2D eigenvalue weighted by Gasteiger charge is -2.28. The average molecular weight is 256 g/mol. The molecular weight excluding hydrogens is 228 g/mol. The Morgan fingerprint density at radius 2 is 2.06 bits per heavy atom. The molecule has 4 N–H and O–H groups in total. The lowest BCUT2D eigenvalue weighted by Crippen LogP contribution is -2.53. The molecule has 0 aromatic carbocycles. The third kappa shape index (κ3) is 4.58. The smallest absolute Gasteiger partial charge is 0.239 e. The van der Waals surface area contributed by atoms with Gasteiger partial charge >= 0.3 is 0 Å². The molecule has 4 heteroatoms. The van der Waals surface area contributed by atoms with Gasteiger partial charge in [0.2, 0.25) is 5.91 Å². The first-order chi connectivity index (χ1) is 8.47. The minimum absolute atomic E-state index is 0.154. The van der Waals surface area contributed by atoms with Crippen LogP contribution in [-0.2, 0) is 4.79 Å². The number of rotatable bonds is 6. The van der Waals surface area contributed by atoms with E-state index in [1.807, 2.05) is 6.92 Å². The topological polar surface area (TPSA) is 75.4 Å². The number of aliphatic hydroxyl groups excluding tert-OH is 1. The number of nitrogens with two attached hydrogens (primary N) is 1. The van der Waals surface area contributed by atoms with Gasteiger partial charge in [0.1, 0.15) is 0 Å². The van der Waals surface area contributed by atoms with Crippen molar-refractivity contribution in [3.8, 4) is 0 Å². The third-order valence-electron chi connectivity index (χ3n) is 3.95. The second-order valence-corrected chi connectivity index (χ2v) is 5.84. The molecule has 1 rings (SSSR count). The third-order valence-corrected chi connectivity index (χ3v) is 3.95. The molecule has 0 radical (unpaired) electrons. The molecule has 1 fully saturated rings. The predicted octanol–water partition coefficient (Wildman–Crippen LogP) is 1.56. The minimum Gasteiger partial charge on any atom is -0.391 e. The Morgan fingerprint density at radius 3 is 2.61 bits per heavy atom. The first kappa shape index (κ1) is 15.4. The molecule has 0 heterocycles. The van der Waals surface area contributed by atoms with Gasteiger partial charge in [-0.15, -0.1) is 0 Å². The van der Waals surface area contributed by atoms with Crippen molar-refractivity contribution in [2.45, 2.75) is 70.4 Å². The first-order valence-corrected chi connectivity index (χ1v) is 7.22. The lowest BCUT2D eigenvalue weighted by molar-refractivity contribution is -0.126. The summed E-state index contributed by atoms with van der Waals surface area (Å²) in [4.78, 5) is 11.9. The Labute approximate surface area is 110 Å². The Morgan fingerprint density at radius 1 is 1.44 bits per heavy atom. The summed E-state index contributed by atoms with van der Waals surface area (Å²) in [6.07, 6.45) is 6.93. The zero-order valence-electron chi connectivity index (χ0n) is 11.7. The molecule has 1 saturated carbocycles. The number of nitrogens with one attached hydrogen (secondary N) is 1. The Balaban J connectivity index is 2.32. The molecule has 106 valence electrons. The molecule has 1 amide bonds. The van der Waals surface area contributed by atoms with E-state index >= 15 is 0 Å². The maximum absolute atomic E-state index is 11.9. The van der Waals surface area contributed by atoms with Gasteiger partial charge in [0, 0.05) is 6.54 Å². The molecule has 0 aliphatic heterocycles. The number of hydrogen-bond acceptors (Lipinski definition) is 3. The maximum Gasteiger partial charge on any atom is 0.239 e. The van der Waals surface area contributed by atoms with E-state index in [1.165, 1.54) is 19.3 Å². The molecule has 0 saturated heterocycles. The normalized spacial score (nSPS) is 22.2. The second-order valence-electron chi connectivity index (χ2n) is 5.84. The standard InChI is InChI=1S/C14H28N2O2/c1-3-9-14(2,15)13(18)16-10-12(17)11-7-5-4-6-8-11/h11-12,17H,3-10,15H2,1-2H3,(H,16,18). The summed E-state index contributed by atoms with van der Waals surface area (Å²) in [6.45, 7) is 4.09. The van der Waals surface area contributed by atoms with Crippen molar-refractivity contribution in [2.75, 3.05) is 6.54 Å². The molecule has 0 bridgehead atoms. The van der Waals surface area contributed by atoms with Crippen molar-refractivity contribution in [1.82, 2.24) is 5.32 Å². The largest absolute Gasteiger partial charge is 0.391 e. The highest BCUT2D eigenvalue weighted by Crippen LogP contribution is 2.26. The molecule has 1 aliphatic carbocycles. The zero-order chi connectivity index (χ0) is 13.6. The number of hydrogen-bond donors (Lipinski definition) is 3. The first-order valence-electron chi connectivity index (χ1n) is 7.22. The molecule has 0 aromatic rings. The van der Waals surface area contributed by atoms with Gasteiger partial charge in [-0.1, -0.05) is 32.6 Å². The summed E-state index contributed by atoms with van der Waals surface area (Å²) in [5.41, 5.74) is 5.12. The van der Waals surface area contributed by atoms with Crippen LogP contribution in [0.3, 0.4) is 0 Å². The van der Waals surface area contributed by atoms with E-state index in [-0.39, 0.29) is 5.91 Å². The van der Waals surface area contributed by atoms with Crippen molar-refractivity contribution in [1.29, 1.82) is 0 Å². The van der Waals surface area contributed by atoms with E-state index in [2.05, 4.69) is 5.32 Å². The number of amides is 1. The van der Waals surface area contributed by atoms with Crippen molar-refractivity contribution in [3.05, 3.63) is 0 Å². The molecular formula is C14H28N2O2. The van der Waals surface area contributed by atoms with Crippen LogP contribution in [0.4, 0.5) is 0 Å². The Kier molecular flexibility index (Phi) is 6.09. The summed E-state index contributed by atoms with van der Waals surface area (Å²) < 4.78 is 0. The molecule has 0 spiro atoms. The van der Waals surface area contributed by atoms with Crippen LogP contribution in [0.5, 0.6) is 0 Å². The highest BCUT2D eigenvalue weighted by atomic mass is 16.3. The van der Waals surface area contributed by atoms with Crippen LogP contribution in [0.15, 0.2) is 0 Å². The van der Waals surface area contributed by atoms with Crippen molar-refractivity contribution in [2.24, 2.45) is 11.7 Å². The minimum atomic E-state index is -0.818. The van der Waals surface area contributed by atoms with Crippen LogP contribution < -0.4 is 11.1 Å². The van der Waals surface area contributed by atoms with Crippen molar-refractivity contribution < 1.29 is 9.90 Å². The van der Waals surface area contributed by atoms with Crippen LogP contribution in [0.25, 0.3) is 0 Å². The number of aliphatic hydroxyl groups is 1. The van der Waals surface area contributed by atoms with E-state index in [1.54, 1.807) is 6.92 Å². The van der Waals surface area contributed by atoms with Crippen LogP contribution in [0, 0.1) is 5.92 Å². The highest BCUT2D eigenvalue weighted by molar-refractivity contribution is 5.85. The van der Waals surface area contributed by atoms with Gasteiger partial charge < -0.3 is 16.2 Å². The number of carbonyl (C=O) groups excluding carboxylic acids is 1. The van der Waals surface area contributed by atoms with E-state index in [4.69, 9.17) is 5.73 Å². The van der Waals surface area contributed by atoms with Crippen LogP contribution >= 0.6 is 0 Å². The van der Waals surface area contributed by atoms with Crippen molar-refractivity contribution in [3.63, 3.8) is 0 Å². The van der Waals surface area contributed by atoms with Gasteiger partial charge in [-0.3, -0.25) is 4.79 Å². The van der Waals surface area contributed by atoms with Crippen molar-refractivity contribution >= 4 is 5.91 Å². The Bertz CT molecular complexity index is 261. The lowest BCUT2D eigenvalue weighted by atomic mass is 9.85.